The number of aromatic nitrogens is 2. The smallest absolute Gasteiger partial charge is 0.433 e. The lowest BCUT2D eigenvalue weighted by Crippen LogP contribution is -2.19. The van der Waals surface area contributed by atoms with Gasteiger partial charge < -0.3 is 15.8 Å². The second kappa shape index (κ2) is 5.71. The molecule has 0 saturated heterocycles. The summed E-state index contributed by atoms with van der Waals surface area (Å²) in [4.78, 5) is 16.8. The standard InChI is InChI=1S/C8H8ClF3N4O2/c9-6-15-4(8(10,11)12)3-5(16-6)14-1-2-18-7(13)17/h3H,1-2H2,(H2,13,17)(H,14,15,16). The van der Waals surface area contributed by atoms with Gasteiger partial charge in [-0.3, -0.25) is 0 Å². The second-order valence-corrected chi connectivity index (χ2v) is 3.34. The first kappa shape index (κ1) is 14.3. The van der Waals surface area contributed by atoms with Crippen molar-refractivity contribution in [1.82, 2.24) is 9.97 Å². The van der Waals surface area contributed by atoms with Crippen LogP contribution >= 0.6 is 11.6 Å². The second-order valence-electron chi connectivity index (χ2n) is 3.00. The minimum absolute atomic E-state index is 0.0353. The Morgan fingerprint density at radius 2 is 2.17 bits per heavy atom. The SMILES string of the molecule is NC(=O)OCCNc1cc(C(F)(F)F)nc(Cl)n1. The average Bonchev–Trinajstić information content (AvgIpc) is 2.22. The van der Waals surface area contributed by atoms with Crippen LogP contribution in [-0.4, -0.2) is 29.2 Å². The van der Waals surface area contributed by atoms with Crippen LogP contribution in [0.2, 0.25) is 5.28 Å². The van der Waals surface area contributed by atoms with Gasteiger partial charge in [-0.1, -0.05) is 0 Å². The number of nitrogens with two attached hydrogens (primary N) is 1. The maximum absolute atomic E-state index is 12.4. The van der Waals surface area contributed by atoms with Crippen LogP contribution in [0.4, 0.5) is 23.8 Å². The number of amides is 1. The van der Waals surface area contributed by atoms with Crippen LogP contribution in [0.1, 0.15) is 5.69 Å². The van der Waals surface area contributed by atoms with Crippen molar-refractivity contribution < 1.29 is 22.7 Å². The molecule has 3 N–H and O–H groups in total. The zero-order valence-electron chi connectivity index (χ0n) is 8.79. The normalized spacial score (nSPS) is 11.1. The van der Waals surface area contributed by atoms with Gasteiger partial charge in [0, 0.05) is 6.07 Å². The van der Waals surface area contributed by atoms with E-state index in [1.54, 1.807) is 0 Å². The summed E-state index contributed by atoms with van der Waals surface area (Å²) >= 11 is 5.35. The fourth-order valence-electron chi connectivity index (χ4n) is 0.984. The third-order valence-electron chi connectivity index (χ3n) is 1.64. The molecule has 1 rings (SSSR count). The molecule has 100 valence electrons. The van der Waals surface area contributed by atoms with Crippen LogP contribution in [0.15, 0.2) is 6.07 Å². The zero-order valence-corrected chi connectivity index (χ0v) is 9.55. The lowest BCUT2D eigenvalue weighted by Gasteiger charge is -2.09. The molecule has 1 heterocycles. The number of primary amides is 1. The van der Waals surface area contributed by atoms with Crippen molar-refractivity contribution in [3.05, 3.63) is 17.0 Å². The van der Waals surface area contributed by atoms with Crippen LogP contribution in [0.5, 0.6) is 0 Å². The molecule has 6 nitrogen and oxygen atoms in total. The van der Waals surface area contributed by atoms with Crippen molar-refractivity contribution in [3.63, 3.8) is 0 Å². The Morgan fingerprint density at radius 1 is 1.50 bits per heavy atom. The van der Waals surface area contributed by atoms with Crippen LogP contribution in [0.3, 0.4) is 0 Å². The lowest BCUT2D eigenvalue weighted by molar-refractivity contribution is -0.141. The first-order chi connectivity index (χ1) is 8.29. The molecule has 0 unspecified atom stereocenters. The topological polar surface area (TPSA) is 90.1 Å². The van der Waals surface area contributed by atoms with Gasteiger partial charge in [-0.25, -0.2) is 14.8 Å². The maximum Gasteiger partial charge on any atom is 0.433 e. The highest BCUT2D eigenvalue weighted by molar-refractivity contribution is 6.28. The third-order valence-corrected chi connectivity index (χ3v) is 1.81. The fraction of sp³-hybridized carbons (Fsp3) is 0.375. The summed E-state index contributed by atoms with van der Waals surface area (Å²) < 4.78 is 41.5. The number of nitrogens with zero attached hydrogens (tertiary/aromatic N) is 2. The van der Waals surface area contributed by atoms with E-state index in [-0.39, 0.29) is 19.0 Å². The molecular formula is C8H8ClF3N4O2. The molecule has 1 aromatic rings. The van der Waals surface area contributed by atoms with Crippen LogP contribution < -0.4 is 11.1 Å². The summed E-state index contributed by atoms with van der Waals surface area (Å²) in [5.74, 6) is -0.129. The predicted octanol–water partition coefficient (Wildman–Crippen LogP) is 1.66. The summed E-state index contributed by atoms with van der Waals surface area (Å²) in [6.07, 6.45) is -5.60. The Bertz CT molecular complexity index is 441. The van der Waals surface area contributed by atoms with E-state index >= 15 is 0 Å². The van der Waals surface area contributed by atoms with Gasteiger partial charge in [-0.15, -0.1) is 0 Å². The van der Waals surface area contributed by atoms with Crippen LogP contribution in [-0.2, 0) is 10.9 Å². The number of nitrogens with one attached hydrogen (secondary N) is 1. The van der Waals surface area contributed by atoms with Gasteiger partial charge in [-0.05, 0) is 11.6 Å². The Labute approximate surface area is 104 Å². The Kier molecular flexibility index (Phi) is 4.54. The number of hydrogen-bond acceptors (Lipinski definition) is 5. The number of alkyl halides is 3. The highest BCUT2D eigenvalue weighted by atomic mass is 35.5. The monoisotopic (exact) mass is 284 g/mol. The van der Waals surface area contributed by atoms with Crippen molar-refractivity contribution in [1.29, 1.82) is 0 Å². The van der Waals surface area contributed by atoms with E-state index in [1.807, 2.05) is 0 Å². The van der Waals surface area contributed by atoms with E-state index in [0.29, 0.717) is 6.07 Å². The van der Waals surface area contributed by atoms with Crippen molar-refractivity contribution in [2.75, 3.05) is 18.5 Å². The number of anilines is 1. The molecular weight excluding hydrogens is 277 g/mol. The summed E-state index contributed by atoms with van der Waals surface area (Å²) in [5.41, 5.74) is 3.53. The molecule has 0 bridgehead atoms. The lowest BCUT2D eigenvalue weighted by atomic mass is 10.4. The summed E-state index contributed by atoms with van der Waals surface area (Å²) in [6.45, 7) is -0.0775. The molecule has 0 aliphatic rings. The largest absolute Gasteiger partial charge is 0.448 e. The van der Waals surface area contributed by atoms with Crippen LogP contribution in [0.25, 0.3) is 0 Å². The van der Waals surface area contributed by atoms with Crippen molar-refractivity contribution in [2.24, 2.45) is 5.73 Å². The van der Waals surface area contributed by atoms with E-state index in [1.165, 1.54) is 0 Å². The van der Waals surface area contributed by atoms with E-state index in [0.717, 1.165) is 0 Å². The molecule has 0 aliphatic carbocycles. The minimum Gasteiger partial charge on any atom is -0.448 e. The molecule has 10 heteroatoms. The maximum atomic E-state index is 12.4. The zero-order chi connectivity index (χ0) is 13.8. The van der Waals surface area contributed by atoms with Crippen molar-refractivity contribution in [3.8, 4) is 0 Å². The molecule has 18 heavy (non-hydrogen) atoms. The molecule has 0 saturated carbocycles. The van der Waals surface area contributed by atoms with Gasteiger partial charge in [0.15, 0.2) is 5.69 Å². The molecule has 0 spiro atoms. The molecule has 0 atom stereocenters. The number of ether oxygens (including phenoxy) is 1. The summed E-state index contributed by atoms with van der Waals surface area (Å²) in [6, 6.07) is 0.691. The Morgan fingerprint density at radius 3 is 2.72 bits per heavy atom. The number of hydrogen-bond donors (Lipinski definition) is 2. The first-order valence-corrected chi connectivity index (χ1v) is 4.94. The highest BCUT2D eigenvalue weighted by Gasteiger charge is 2.33. The van der Waals surface area contributed by atoms with Gasteiger partial charge >= 0.3 is 12.3 Å². The average molecular weight is 285 g/mol. The summed E-state index contributed by atoms with van der Waals surface area (Å²) in [5, 5.41) is 1.95. The molecule has 1 amide bonds. The predicted molar refractivity (Wildman–Crippen MR) is 56.1 cm³/mol. The van der Waals surface area contributed by atoms with Gasteiger partial charge in [0.25, 0.3) is 0 Å². The van der Waals surface area contributed by atoms with Gasteiger partial charge in [0.05, 0.1) is 6.54 Å². The first-order valence-electron chi connectivity index (χ1n) is 4.57. The van der Waals surface area contributed by atoms with Crippen molar-refractivity contribution in [2.45, 2.75) is 6.18 Å². The van der Waals surface area contributed by atoms with E-state index in [9.17, 15) is 18.0 Å². The van der Waals surface area contributed by atoms with Gasteiger partial charge in [0.1, 0.15) is 12.4 Å². The Balaban J connectivity index is 2.66. The molecule has 0 aromatic carbocycles. The van der Waals surface area contributed by atoms with Crippen molar-refractivity contribution >= 4 is 23.5 Å². The van der Waals surface area contributed by atoms with Gasteiger partial charge in [-0.2, -0.15) is 13.2 Å². The number of carbonyl (C=O) groups excluding carboxylic acids is 1. The molecule has 0 aliphatic heterocycles. The van der Waals surface area contributed by atoms with Gasteiger partial charge in [0.2, 0.25) is 5.28 Å². The number of carbonyl (C=O) groups is 1. The molecule has 0 radical (unpaired) electrons. The quantitative estimate of drug-likeness (QED) is 0.648. The molecule has 1 aromatic heterocycles. The minimum atomic E-state index is -4.62. The summed E-state index contributed by atoms with van der Waals surface area (Å²) in [7, 11) is 0. The highest BCUT2D eigenvalue weighted by Crippen LogP contribution is 2.29. The third kappa shape index (κ3) is 4.62. The number of halogens is 4. The van der Waals surface area contributed by atoms with E-state index < -0.39 is 23.2 Å². The van der Waals surface area contributed by atoms with Crippen LogP contribution in [0, 0.1) is 0 Å². The molecule has 0 fully saturated rings. The van der Waals surface area contributed by atoms with E-state index in [4.69, 9.17) is 17.3 Å². The Hall–Kier alpha value is -1.77. The number of rotatable bonds is 4. The van der Waals surface area contributed by atoms with E-state index in [2.05, 4.69) is 20.0 Å². The fourth-order valence-corrected chi connectivity index (χ4v) is 1.17.